The molecule has 0 saturated carbocycles. The summed E-state index contributed by atoms with van der Waals surface area (Å²) in [5.74, 6) is -0.244. The van der Waals surface area contributed by atoms with E-state index in [1.54, 1.807) is 36.5 Å². The van der Waals surface area contributed by atoms with E-state index in [4.69, 9.17) is 11.6 Å². The Morgan fingerprint density at radius 1 is 1.28 bits per heavy atom. The Morgan fingerprint density at radius 2 is 2.06 bits per heavy atom. The molecule has 2 rings (SSSR count). The lowest BCUT2D eigenvalue weighted by molar-refractivity contribution is 0.102. The van der Waals surface area contributed by atoms with E-state index in [1.165, 1.54) is 0 Å². The van der Waals surface area contributed by atoms with Crippen molar-refractivity contribution in [3.8, 4) is 0 Å². The molecule has 2 aromatic rings. The van der Waals surface area contributed by atoms with Gasteiger partial charge in [0.1, 0.15) is 4.60 Å². The Kier molecular flexibility index (Phi) is 4.37. The van der Waals surface area contributed by atoms with Crippen LogP contribution in [-0.4, -0.2) is 10.9 Å². The Hall–Kier alpha value is -0.910. The maximum absolute atomic E-state index is 12.0. The average Bonchev–Trinajstić information content (AvgIpc) is 2.31. The zero-order valence-corrected chi connectivity index (χ0v) is 12.9. The first-order valence-corrected chi connectivity index (χ1v) is 6.90. The van der Waals surface area contributed by atoms with Crippen LogP contribution in [-0.2, 0) is 0 Å². The van der Waals surface area contributed by atoms with Crippen LogP contribution in [0.15, 0.2) is 45.6 Å². The van der Waals surface area contributed by atoms with E-state index in [0.29, 0.717) is 20.9 Å². The molecule has 0 aliphatic rings. The quantitative estimate of drug-likeness (QED) is 0.767. The summed E-state index contributed by atoms with van der Waals surface area (Å²) in [5, 5.41) is 3.25. The highest BCUT2D eigenvalue weighted by molar-refractivity contribution is 9.10. The standard InChI is InChI=1S/C12H7Br2ClN2O/c13-8-4-7(5-9(15)6-8)12(18)17-10-2-1-3-16-11(10)14/h1-6H,(H,17,18). The molecule has 1 amide bonds. The second-order valence-electron chi connectivity index (χ2n) is 3.45. The number of nitrogens with zero attached hydrogens (tertiary/aromatic N) is 1. The first kappa shape index (κ1) is 13.5. The molecular weight excluding hydrogens is 383 g/mol. The summed E-state index contributed by atoms with van der Waals surface area (Å²) >= 11 is 12.5. The van der Waals surface area contributed by atoms with E-state index in [2.05, 4.69) is 42.2 Å². The summed E-state index contributed by atoms with van der Waals surface area (Å²) < 4.78 is 1.34. The Balaban J connectivity index is 2.25. The number of halogens is 3. The molecule has 92 valence electrons. The average molecular weight is 390 g/mol. The predicted molar refractivity (Wildman–Crippen MR) is 79.0 cm³/mol. The maximum Gasteiger partial charge on any atom is 0.255 e. The number of benzene rings is 1. The van der Waals surface area contributed by atoms with Crippen molar-refractivity contribution in [2.24, 2.45) is 0 Å². The summed E-state index contributed by atoms with van der Waals surface area (Å²) in [6, 6.07) is 8.53. The van der Waals surface area contributed by atoms with Crippen LogP contribution < -0.4 is 5.32 Å². The lowest BCUT2D eigenvalue weighted by Crippen LogP contribution is -2.12. The number of carbonyl (C=O) groups excluding carboxylic acids is 1. The first-order chi connectivity index (χ1) is 8.56. The van der Waals surface area contributed by atoms with Gasteiger partial charge in [-0.2, -0.15) is 0 Å². The van der Waals surface area contributed by atoms with Crippen LogP contribution in [0.2, 0.25) is 5.02 Å². The summed E-state index contributed by atoms with van der Waals surface area (Å²) in [4.78, 5) is 16.1. The highest BCUT2D eigenvalue weighted by atomic mass is 79.9. The third kappa shape index (κ3) is 3.31. The molecule has 0 spiro atoms. The van der Waals surface area contributed by atoms with Crippen molar-refractivity contribution in [2.75, 3.05) is 5.32 Å². The smallest absolute Gasteiger partial charge is 0.255 e. The summed E-state index contributed by atoms with van der Waals surface area (Å²) in [6.07, 6.45) is 1.63. The van der Waals surface area contributed by atoms with Crippen LogP contribution in [0.5, 0.6) is 0 Å². The van der Waals surface area contributed by atoms with E-state index in [1.807, 2.05) is 0 Å². The van der Waals surface area contributed by atoms with Crippen molar-refractivity contribution in [1.29, 1.82) is 0 Å². The number of amides is 1. The van der Waals surface area contributed by atoms with Gasteiger partial charge in [0.25, 0.3) is 5.91 Å². The number of pyridine rings is 1. The molecule has 1 aromatic heterocycles. The number of rotatable bonds is 2. The van der Waals surface area contributed by atoms with Crippen molar-refractivity contribution < 1.29 is 4.79 Å². The fraction of sp³-hybridized carbons (Fsp3) is 0. The normalized spacial score (nSPS) is 10.2. The minimum Gasteiger partial charge on any atom is -0.320 e. The van der Waals surface area contributed by atoms with Gasteiger partial charge in [-0.3, -0.25) is 4.79 Å². The van der Waals surface area contributed by atoms with Gasteiger partial charge in [-0.25, -0.2) is 4.98 Å². The van der Waals surface area contributed by atoms with Crippen molar-refractivity contribution in [3.05, 3.63) is 56.2 Å². The molecule has 1 heterocycles. The van der Waals surface area contributed by atoms with Crippen LogP contribution in [0.25, 0.3) is 0 Å². The zero-order valence-electron chi connectivity index (χ0n) is 8.95. The minimum atomic E-state index is -0.244. The number of anilines is 1. The second kappa shape index (κ2) is 5.82. The zero-order chi connectivity index (χ0) is 13.1. The highest BCUT2D eigenvalue weighted by Crippen LogP contribution is 2.22. The fourth-order valence-corrected chi connectivity index (χ4v) is 2.57. The summed E-state index contributed by atoms with van der Waals surface area (Å²) in [7, 11) is 0. The van der Waals surface area contributed by atoms with E-state index in [0.717, 1.165) is 4.47 Å². The van der Waals surface area contributed by atoms with Crippen LogP contribution >= 0.6 is 43.5 Å². The molecule has 6 heteroatoms. The van der Waals surface area contributed by atoms with Crippen LogP contribution in [0.3, 0.4) is 0 Å². The highest BCUT2D eigenvalue weighted by Gasteiger charge is 2.10. The number of hydrogen-bond donors (Lipinski definition) is 1. The Labute approximate surface area is 126 Å². The first-order valence-electron chi connectivity index (χ1n) is 4.94. The molecule has 0 atom stereocenters. The Morgan fingerprint density at radius 3 is 2.72 bits per heavy atom. The third-order valence-corrected chi connectivity index (χ3v) is 3.44. The largest absolute Gasteiger partial charge is 0.320 e. The molecule has 18 heavy (non-hydrogen) atoms. The number of nitrogens with one attached hydrogen (secondary N) is 1. The molecule has 0 aliphatic carbocycles. The number of hydrogen-bond acceptors (Lipinski definition) is 2. The summed E-state index contributed by atoms with van der Waals surface area (Å²) in [6.45, 7) is 0. The SMILES string of the molecule is O=C(Nc1cccnc1Br)c1cc(Cl)cc(Br)c1. The number of carbonyl (C=O) groups is 1. The molecule has 0 unspecified atom stereocenters. The van der Waals surface area contributed by atoms with E-state index in [-0.39, 0.29) is 5.91 Å². The Bertz CT molecular complexity index is 584. The van der Waals surface area contributed by atoms with Crippen molar-refractivity contribution in [3.63, 3.8) is 0 Å². The van der Waals surface area contributed by atoms with Crippen LogP contribution in [0.1, 0.15) is 10.4 Å². The van der Waals surface area contributed by atoms with Gasteiger partial charge in [0.2, 0.25) is 0 Å². The lowest BCUT2D eigenvalue weighted by Gasteiger charge is -2.07. The van der Waals surface area contributed by atoms with Gasteiger partial charge in [0.05, 0.1) is 5.69 Å². The third-order valence-electron chi connectivity index (χ3n) is 2.13. The second-order valence-corrected chi connectivity index (χ2v) is 5.56. The number of aromatic nitrogens is 1. The van der Waals surface area contributed by atoms with Crippen LogP contribution in [0.4, 0.5) is 5.69 Å². The van der Waals surface area contributed by atoms with Crippen molar-refractivity contribution >= 4 is 55.1 Å². The summed E-state index contributed by atoms with van der Waals surface area (Å²) in [5.41, 5.74) is 1.09. The van der Waals surface area contributed by atoms with Gasteiger partial charge >= 0.3 is 0 Å². The van der Waals surface area contributed by atoms with Gasteiger partial charge < -0.3 is 5.32 Å². The van der Waals surface area contributed by atoms with Gasteiger partial charge in [-0.15, -0.1) is 0 Å². The van der Waals surface area contributed by atoms with Gasteiger partial charge in [-0.05, 0) is 46.3 Å². The molecule has 3 nitrogen and oxygen atoms in total. The monoisotopic (exact) mass is 388 g/mol. The maximum atomic E-state index is 12.0. The molecule has 1 aromatic carbocycles. The van der Waals surface area contributed by atoms with Crippen LogP contribution in [0, 0.1) is 0 Å². The van der Waals surface area contributed by atoms with E-state index < -0.39 is 0 Å². The molecule has 0 saturated heterocycles. The van der Waals surface area contributed by atoms with E-state index >= 15 is 0 Å². The molecule has 0 bridgehead atoms. The lowest BCUT2D eigenvalue weighted by atomic mass is 10.2. The molecule has 0 radical (unpaired) electrons. The molecule has 0 fully saturated rings. The van der Waals surface area contributed by atoms with E-state index in [9.17, 15) is 4.79 Å². The predicted octanol–water partition coefficient (Wildman–Crippen LogP) is 4.51. The fourth-order valence-electron chi connectivity index (χ4n) is 1.36. The van der Waals surface area contributed by atoms with Crippen molar-refractivity contribution in [1.82, 2.24) is 4.98 Å². The van der Waals surface area contributed by atoms with Gasteiger partial charge in [0.15, 0.2) is 0 Å². The topological polar surface area (TPSA) is 42.0 Å². The minimum absolute atomic E-state index is 0.244. The molecular formula is C12H7Br2ClN2O. The van der Waals surface area contributed by atoms with Gasteiger partial charge in [0, 0.05) is 21.3 Å². The van der Waals surface area contributed by atoms with Gasteiger partial charge in [-0.1, -0.05) is 27.5 Å². The molecule has 1 N–H and O–H groups in total. The van der Waals surface area contributed by atoms with Crippen molar-refractivity contribution in [2.45, 2.75) is 0 Å². The molecule has 0 aliphatic heterocycles.